The molecule has 3 heterocycles. The molecule has 24 heavy (non-hydrogen) atoms. The highest BCUT2D eigenvalue weighted by molar-refractivity contribution is 6.34. The topological polar surface area (TPSA) is 62.2 Å². The molecule has 1 aromatic carbocycles. The van der Waals surface area contributed by atoms with Crippen LogP contribution in [0.4, 0.5) is 0 Å². The average Bonchev–Trinajstić information content (AvgIpc) is 3.14. The maximum atomic E-state index is 11.1. The first-order valence-electron chi connectivity index (χ1n) is 7.58. The molecule has 0 bridgehead atoms. The average molecular weight is 339 g/mol. The van der Waals surface area contributed by atoms with Crippen molar-refractivity contribution in [3.05, 3.63) is 59.8 Å². The van der Waals surface area contributed by atoms with Crippen molar-refractivity contribution in [3.8, 4) is 11.1 Å². The Bertz CT molecular complexity index is 1030. The summed E-state index contributed by atoms with van der Waals surface area (Å²) in [5, 5.41) is 4.50. The van der Waals surface area contributed by atoms with Crippen LogP contribution in [0.3, 0.4) is 0 Å². The van der Waals surface area contributed by atoms with Gasteiger partial charge in [-0.2, -0.15) is 0 Å². The number of hydrogen-bond donors (Lipinski definition) is 2. The molecular weight excluding hydrogens is 324 g/mol. The van der Waals surface area contributed by atoms with Gasteiger partial charge in [-0.05, 0) is 30.3 Å². The number of halogens is 1. The molecule has 6 heteroatoms. The second kappa shape index (κ2) is 5.69. The summed E-state index contributed by atoms with van der Waals surface area (Å²) in [5.74, 6) is -0.0542. The van der Waals surface area contributed by atoms with Gasteiger partial charge < -0.3 is 14.7 Å². The summed E-state index contributed by atoms with van der Waals surface area (Å²) in [5.41, 5.74) is 4.99. The van der Waals surface area contributed by atoms with Crippen LogP contribution in [0.15, 0.2) is 49.1 Å². The zero-order valence-electron chi connectivity index (χ0n) is 13.0. The number of benzene rings is 1. The molecule has 0 saturated carbocycles. The Morgan fingerprint density at radius 3 is 3.00 bits per heavy atom. The van der Waals surface area contributed by atoms with E-state index in [1.54, 1.807) is 12.5 Å². The van der Waals surface area contributed by atoms with Gasteiger partial charge in [0.05, 0.1) is 12.9 Å². The Morgan fingerprint density at radius 2 is 2.21 bits per heavy atom. The van der Waals surface area contributed by atoms with Crippen LogP contribution in [-0.4, -0.2) is 20.3 Å². The number of aromatic amines is 1. The Hall–Kier alpha value is -2.79. The Labute approximate surface area is 143 Å². The first kappa shape index (κ1) is 14.8. The van der Waals surface area contributed by atoms with Gasteiger partial charge in [-0.3, -0.25) is 4.79 Å². The van der Waals surface area contributed by atoms with Crippen molar-refractivity contribution in [3.63, 3.8) is 0 Å². The van der Waals surface area contributed by atoms with Crippen LogP contribution in [0.1, 0.15) is 12.6 Å². The molecule has 120 valence electrons. The molecule has 0 radical (unpaired) electrons. The number of aromatic nitrogens is 3. The summed E-state index contributed by atoms with van der Waals surface area (Å²) in [6.07, 6.45) is 5.55. The number of rotatable bonds is 3. The van der Waals surface area contributed by atoms with E-state index in [2.05, 4.69) is 21.4 Å². The highest BCUT2D eigenvalue weighted by Gasteiger charge is 2.10. The van der Waals surface area contributed by atoms with Gasteiger partial charge in [0.1, 0.15) is 0 Å². The third kappa shape index (κ3) is 2.63. The lowest BCUT2D eigenvalue weighted by Crippen LogP contribution is -2.18. The number of nitrogens with one attached hydrogen (secondary N) is 2. The minimum atomic E-state index is -0.0542. The van der Waals surface area contributed by atoms with Crippen LogP contribution in [-0.2, 0) is 11.3 Å². The van der Waals surface area contributed by atoms with Crippen LogP contribution >= 0.6 is 11.6 Å². The molecule has 0 aliphatic rings. The SMILES string of the molecule is CC(=O)NCc1cc2cc(Cl)c(-c3cc4ccncn4c3)cc2[nH]1. The summed E-state index contributed by atoms with van der Waals surface area (Å²) in [6, 6.07) is 10.0. The van der Waals surface area contributed by atoms with Gasteiger partial charge in [-0.15, -0.1) is 0 Å². The fourth-order valence-corrected chi connectivity index (χ4v) is 3.14. The molecule has 0 unspecified atom stereocenters. The van der Waals surface area contributed by atoms with Gasteiger partial charge in [-0.1, -0.05) is 11.6 Å². The molecule has 0 atom stereocenters. The van der Waals surface area contributed by atoms with E-state index in [4.69, 9.17) is 11.6 Å². The summed E-state index contributed by atoms with van der Waals surface area (Å²) in [6.45, 7) is 1.98. The minimum Gasteiger partial charge on any atom is -0.357 e. The van der Waals surface area contributed by atoms with Crippen LogP contribution in [0.2, 0.25) is 5.02 Å². The molecule has 0 aliphatic heterocycles. The molecule has 0 aliphatic carbocycles. The van der Waals surface area contributed by atoms with E-state index >= 15 is 0 Å². The molecular formula is C18H15ClN4O. The molecule has 4 rings (SSSR count). The fourth-order valence-electron chi connectivity index (χ4n) is 2.86. The largest absolute Gasteiger partial charge is 0.357 e. The highest BCUT2D eigenvalue weighted by Crippen LogP contribution is 2.33. The first-order chi connectivity index (χ1) is 11.6. The van der Waals surface area contributed by atoms with Gasteiger partial charge in [0.25, 0.3) is 0 Å². The van der Waals surface area contributed by atoms with Crippen LogP contribution in [0.5, 0.6) is 0 Å². The van der Waals surface area contributed by atoms with Gasteiger partial charge in [0, 0.05) is 57.6 Å². The predicted molar refractivity (Wildman–Crippen MR) is 95.0 cm³/mol. The zero-order chi connectivity index (χ0) is 16.7. The third-order valence-electron chi connectivity index (χ3n) is 4.01. The summed E-state index contributed by atoms with van der Waals surface area (Å²) >= 11 is 6.49. The maximum Gasteiger partial charge on any atom is 0.217 e. The van der Waals surface area contributed by atoms with E-state index < -0.39 is 0 Å². The standard InChI is InChI=1S/C18H15ClN4O/c1-11(24)21-8-14-4-12-6-17(19)16(7-18(12)22-14)13-5-15-2-3-20-10-23(15)9-13/h2-7,9-10,22H,8H2,1H3,(H,21,24). The maximum absolute atomic E-state index is 11.1. The monoisotopic (exact) mass is 338 g/mol. The zero-order valence-corrected chi connectivity index (χ0v) is 13.8. The number of H-pyrrole nitrogens is 1. The molecule has 0 spiro atoms. The smallest absolute Gasteiger partial charge is 0.217 e. The van der Waals surface area contributed by atoms with Gasteiger partial charge in [-0.25, -0.2) is 4.98 Å². The normalized spacial score (nSPS) is 11.2. The summed E-state index contributed by atoms with van der Waals surface area (Å²) < 4.78 is 1.97. The van der Waals surface area contributed by atoms with Crippen molar-refractivity contribution in [2.45, 2.75) is 13.5 Å². The molecule has 0 saturated heterocycles. The molecule has 1 amide bonds. The molecule has 3 aromatic heterocycles. The Kier molecular flexibility index (Phi) is 3.50. The van der Waals surface area contributed by atoms with Crippen LogP contribution in [0.25, 0.3) is 27.5 Å². The molecule has 2 N–H and O–H groups in total. The second-order valence-electron chi connectivity index (χ2n) is 5.76. The predicted octanol–water partition coefficient (Wildman–Crippen LogP) is 3.77. The summed E-state index contributed by atoms with van der Waals surface area (Å²) in [7, 11) is 0. The van der Waals surface area contributed by atoms with E-state index in [0.717, 1.165) is 33.2 Å². The van der Waals surface area contributed by atoms with Crippen molar-refractivity contribution in [2.24, 2.45) is 0 Å². The Balaban J connectivity index is 1.77. The van der Waals surface area contributed by atoms with Crippen molar-refractivity contribution >= 4 is 33.9 Å². The number of amides is 1. The van der Waals surface area contributed by atoms with E-state index in [-0.39, 0.29) is 5.91 Å². The highest BCUT2D eigenvalue weighted by atomic mass is 35.5. The van der Waals surface area contributed by atoms with E-state index in [0.29, 0.717) is 11.6 Å². The lowest BCUT2D eigenvalue weighted by molar-refractivity contribution is -0.119. The first-order valence-corrected chi connectivity index (χ1v) is 7.95. The van der Waals surface area contributed by atoms with Gasteiger partial charge >= 0.3 is 0 Å². The van der Waals surface area contributed by atoms with Crippen molar-refractivity contribution in [1.29, 1.82) is 0 Å². The van der Waals surface area contributed by atoms with E-state index in [9.17, 15) is 4.79 Å². The fraction of sp³-hybridized carbons (Fsp3) is 0.111. The number of carbonyl (C=O) groups is 1. The summed E-state index contributed by atoms with van der Waals surface area (Å²) in [4.78, 5) is 18.5. The second-order valence-corrected chi connectivity index (χ2v) is 6.17. The van der Waals surface area contributed by atoms with Gasteiger partial charge in [0.15, 0.2) is 0 Å². The van der Waals surface area contributed by atoms with Crippen LogP contribution in [0, 0.1) is 0 Å². The lowest BCUT2D eigenvalue weighted by atomic mass is 10.1. The van der Waals surface area contributed by atoms with Crippen molar-refractivity contribution in [1.82, 2.24) is 19.7 Å². The number of nitrogens with zero attached hydrogens (tertiary/aromatic N) is 2. The number of carbonyl (C=O) groups excluding carboxylic acids is 1. The van der Waals surface area contributed by atoms with Gasteiger partial charge in [0.2, 0.25) is 5.91 Å². The van der Waals surface area contributed by atoms with E-state index in [1.807, 2.05) is 34.9 Å². The third-order valence-corrected chi connectivity index (χ3v) is 4.32. The molecule has 5 nitrogen and oxygen atoms in total. The number of fused-ring (bicyclic) bond motifs is 2. The Morgan fingerprint density at radius 1 is 1.33 bits per heavy atom. The van der Waals surface area contributed by atoms with Crippen molar-refractivity contribution < 1.29 is 4.79 Å². The minimum absolute atomic E-state index is 0.0542. The number of hydrogen-bond acceptors (Lipinski definition) is 2. The lowest BCUT2D eigenvalue weighted by Gasteiger charge is -2.02. The van der Waals surface area contributed by atoms with E-state index in [1.165, 1.54) is 6.92 Å². The quantitative estimate of drug-likeness (QED) is 0.597. The molecule has 4 aromatic rings. The van der Waals surface area contributed by atoms with Crippen molar-refractivity contribution in [2.75, 3.05) is 0 Å². The molecule has 0 fully saturated rings. The van der Waals surface area contributed by atoms with Crippen LogP contribution < -0.4 is 5.32 Å².